The Labute approximate surface area is 151 Å². The number of pyridine rings is 1. The van der Waals surface area contributed by atoms with Crippen LogP contribution in [0.3, 0.4) is 0 Å². The van der Waals surface area contributed by atoms with E-state index in [1.165, 1.54) is 18.3 Å². The molecule has 0 aliphatic heterocycles. The van der Waals surface area contributed by atoms with E-state index in [0.717, 1.165) is 12.8 Å². The highest BCUT2D eigenvalue weighted by Gasteiger charge is 2.23. The van der Waals surface area contributed by atoms with Gasteiger partial charge in [0.15, 0.2) is 11.6 Å². The van der Waals surface area contributed by atoms with Gasteiger partial charge in [-0.3, -0.25) is 9.59 Å². The molecule has 0 saturated heterocycles. The lowest BCUT2D eigenvalue weighted by atomic mass is 9.98. The number of ether oxygens (including phenoxy) is 1. The van der Waals surface area contributed by atoms with Crippen LogP contribution in [0.15, 0.2) is 33.7 Å². The maximum atomic E-state index is 14.3. The summed E-state index contributed by atoms with van der Waals surface area (Å²) in [5.74, 6) is -1.56. The Kier molecular flexibility index (Phi) is 5.44. The topological polar surface area (TPSA) is 59.2 Å². The van der Waals surface area contributed by atoms with Gasteiger partial charge in [0.05, 0.1) is 6.61 Å². The molecule has 1 aliphatic rings. The van der Waals surface area contributed by atoms with E-state index in [9.17, 15) is 18.4 Å². The van der Waals surface area contributed by atoms with Gasteiger partial charge in [0.1, 0.15) is 12.4 Å². The Morgan fingerprint density at radius 2 is 2.08 bits per heavy atom. The number of carbonyl (C=O) groups is 1. The van der Waals surface area contributed by atoms with Gasteiger partial charge in [-0.15, -0.1) is 0 Å². The molecule has 1 heterocycles. The quantitative estimate of drug-likeness (QED) is 0.707. The van der Waals surface area contributed by atoms with E-state index in [4.69, 9.17) is 4.74 Å². The van der Waals surface area contributed by atoms with Crippen LogP contribution in [0.2, 0.25) is 0 Å². The Hall–Kier alpha value is -1.86. The summed E-state index contributed by atoms with van der Waals surface area (Å²) < 4.78 is 34.3. The first-order valence-corrected chi connectivity index (χ1v) is 8.70. The summed E-state index contributed by atoms with van der Waals surface area (Å²) in [6.07, 6.45) is 3.16. The molecule has 0 bridgehead atoms. The number of H-pyrrole nitrogens is 1. The molecular formula is C18H16BrF2NO3. The number of ketones is 1. The van der Waals surface area contributed by atoms with Gasteiger partial charge < -0.3 is 9.72 Å². The number of halogens is 3. The van der Waals surface area contributed by atoms with Crippen molar-refractivity contribution < 1.29 is 18.3 Å². The lowest BCUT2D eigenvalue weighted by Crippen LogP contribution is -2.21. The molecule has 25 heavy (non-hydrogen) atoms. The van der Waals surface area contributed by atoms with E-state index in [1.807, 2.05) is 0 Å². The number of aromatic nitrogens is 1. The Morgan fingerprint density at radius 3 is 2.76 bits per heavy atom. The molecule has 0 atom stereocenters. The number of nitrogens with one attached hydrogen (secondary N) is 1. The van der Waals surface area contributed by atoms with Crippen molar-refractivity contribution in [1.82, 2.24) is 4.98 Å². The number of carbonyl (C=O) groups excluding carboxylic acids is 1. The molecule has 3 rings (SSSR count). The molecule has 1 aliphatic carbocycles. The van der Waals surface area contributed by atoms with E-state index in [0.29, 0.717) is 17.0 Å². The zero-order valence-electron chi connectivity index (χ0n) is 13.3. The second kappa shape index (κ2) is 7.58. The van der Waals surface area contributed by atoms with Crippen molar-refractivity contribution in [1.29, 1.82) is 0 Å². The molecule has 4 nitrogen and oxygen atoms in total. The first-order chi connectivity index (χ1) is 12.0. The van der Waals surface area contributed by atoms with Gasteiger partial charge >= 0.3 is 0 Å². The van der Waals surface area contributed by atoms with Crippen LogP contribution >= 0.6 is 15.9 Å². The normalized spacial score (nSPS) is 13.9. The molecule has 0 unspecified atom stereocenters. The maximum Gasteiger partial charge on any atom is 0.284 e. The van der Waals surface area contributed by atoms with Crippen molar-refractivity contribution in [3.8, 4) is 0 Å². The third kappa shape index (κ3) is 4.41. The molecule has 0 amide bonds. The number of aromatic amines is 1. The summed E-state index contributed by atoms with van der Waals surface area (Å²) in [4.78, 5) is 26.1. The van der Waals surface area contributed by atoms with Crippen LogP contribution in [-0.4, -0.2) is 24.0 Å². The lowest BCUT2D eigenvalue weighted by molar-refractivity contribution is 0.0738. The van der Waals surface area contributed by atoms with Crippen molar-refractivity contribution in [2.75, 3.05) is 13.2 Å². The average Bonchev–Trinajstić information content (AvgIpc) is 3.38. The molecule has 132 valence electrons. The molecular weight excluding hydrogens is 396 g/mol. The summed E-state index contributed by atoms with van der Waals surface area (Å²) >= 11 is 3.15. The summed E-state index contributed by atoms with van der Waals surface area (Å²) in [6, 6.07) is 4.35. The monoisotopic (exact) mass is 411 g/mol. The highest BCUT2D eigenvalue weighted by Crippen LogP contribution is 2.29. The van der Waals surface area contributed by atoms with Crippen LogP contribution in [0.1, 0.15) is 34.3 Å². The molecule has 7 heteroatoms. The Balaban J connectivity index is 1.86. The minimum absolute atomic E-state index is 0.00946. The first-order valence-electron chi connectivity index (χ1n) is 7.90. The van der Waals surface area contributed by atoms with Crippen molar-refractivity contribution in [3.05, 3.63) is 67.5 Å². The highest BCUT2D eigenvalue weighted by atomic mass is 79.9. The van der Waals surface area contributed by atoms with Crippen molar-refractivity contribution in [2.45, 2.75) is 19.3 Å². The van der Waals surface area contributed by atoms with E-state index >= 15 is 0 Å². The van der Waals surface area contributed by atoms with Crippen LogP contribution in [0.5, 0.6) is 0 Å². The maximum absolute atomic E-state index is 14.3. The van der Waals surface area contributed by atoms with Crippen molar-refractivity contribution >= 4 is 21.7 Å². The summed E-state index contributed by atoms with van der Waals surface area (Å²) in [6.45, 7) is 0.298. The highest BCUT2D eigenvalue weighted by molar-refractivity contribution is 9.10. The predicted octanol–water partition coefficient (Wildman–Crippen LogP) is 3.62. The molecule has 2 aromatic rings. The van der Waals surface area contributed by atoms with Crippen molar-refractivity contribution in [2.24, 2.45) is 5.92 Å². The number of rotatable bonds is 7. The summed E-state index contributed by atoms with van der Waals surface area (Å²) in [5.41, 5.74) is -0.858. The van der Waals surface area contributed by atoms with Crippen LogP contribution in [0.25, 0.3) is 0 Å². The molecule has 1 aromatic carbocycles. The fourth-order valence-electron chi connectivity index (χ4n) is 2.50. The fraction of sp³-hybridized carbons (Fsp3) is 0.333. The number of hydrogen-bond donors (Lipinski definition) is 1. The van der Waals surface area contributed by atoms with Gasteiger partial charge in [0, 0.05) is 28.2 Å². The Morgan fingerprint density at radius 1 is 1.32 bits per heavy atom. The van der Waals surface area contributed by atoms with Gasteiger partial charge in [0.2, 0.25) is 0 Å². The third-order valence-electron chi connectivity index (χ3n) is 4.10. The molecule has 0 spiro atoms. The fourth-order valence-corrected chi connectivity index (χ4v) is 2.83. The second-order valence-corrected chi connectivity index (χ2v) is 7.03. The van der Waals surface area contributed by atoms with Gasteiger partial charge in [-0.05, 0) is 36.5 Å². The van der Waals surface area contributed by atoms with Gasteiger partial charge in [0.25, 0.3) is 5.56 Å². The van der Waals surface area contributed by atoms with E-state index in [1.54, 1.807) is 6.07 Å². The molecule has 1 saturated carbocycles. The van der Waals surface area contributed by atoms with Crippen LogP contribution in [0, 0.1) is 17.6 Å². The summed E-state index contributed by atoms with van der Waals surface area (Å²) in [7, 11) is 0. The van der Waals surface area contributed by atoms with Crippen LogP contribution in [-0.2, 0) is 11.2 Å². The standard InChI is InChI=1S/C18H16BrF2NO3/c19-12-4-3-11(15(20)6-12)5-13-14(7-22-18(24)17(13)21)16(23)9-25-8-10-1-2-10/h3-4,6-7,10H,1-2,5,8-9H2,(H,22,24). The van der Waals surface area contributed by atoms with E-state index < -0.39 is 23.0 Å². The van der Waals surface area contributed by atoms with Gasteiger partial charge in [-0.25, -0.2) is 8.78 Å². The van der Waals surface area contributed by atoms with Crippen LogP contribution < -0.4 is 5.56 Å². The average molecular weight is 412 g/mol. The minimum atomic E-state index is -1.07. The first kappa shape index (κ1) is 17.9. The SMILES string of the molecule is O=C(COCC1CC1)c1c[nH]c(=O)c(F)c1Cc1ccc(Br)cc1F. The van der Waals surface area contributed by atoms with Crippen LogP contribution in [0.4, 0.5) is 8.78 Å². The molecule has 0 radical (unpaired) electrons. The molecule has 1 N–H and O–H groups in total. The van der Waals surface area contributed by atoms with E-state index in [-0.39, 0.29) is 29.7 Å². The molecule has 1 fully saturated rings. The van der Waals surface area contributed by atoms with Gasteiger partial charge in [-0.2, -0.15) is 0 Å². The molecule has 1 aromatic heterocycles. The predicted molar refractivity (Wildman–Crippen MR) is 91.8 cm³/mol. The van der Waals surface area contributed by atoms with Gasteiger partial charge in [-0.1, -0.05) is 22.0 Å². The largest absolute Gasteiger partial charge is 0.373 e. The second-order valence-electron chi connectivity index (χ2n) is 6.12. The minimum Gasteiger partial charge on any atom is -0.373 e. The zero-order valence-corrected chi connectivity index (χ0v) is 14.9. The summed E-state index contributed by atoms with van der Waals surface area (Å²) in [5, 5.41) is 0. The zero-order chi connectivity index (χ0) is 18.0. The number of hydrogen-bond acceptors (Lipinski definition) is 3. The smallest absolute Gasteiger partial charge is 0.284 e. The number of benzene rings is 1. The Bertz CT molecular complexity index is 862. The third-order valence-corrected chi connectivity index (χ3v) is 4.60. The lowest BCUT2D eigenvalue weighted by Gasteiger charge is -2.11. The van der Waals surface area contributed by atoms with E-state index in [2.05, 4.69) is 20.9 Å². The van der Waals surface area contributed by atoms with Crippen molar-refractivity contribution in [3.63, 3.8) is 0 Å². The number of Topliss-reactive ketones (excluding diaryl/α,β-unsaturated/α-hetero) is 1.